The van der Waals surface area contributed by atoms with Crippen LogP contribution < -0.4 is 10.6 Å². The lowest BCUT2D eigenvalue weighted by Gasteiger charge is -2.26. The Labute approximate surface area is 115 Å². The van der Waals surface area contributed by atoms with E-state index in [9.17, 15) is 19.7 Å². The smallest absolute Gasteiger partial charge is 0.237 e. The molecule has 0 bridgehead atoms. The fraction of sp³-hybridized carbons (Fsp3) is 0.385. The number of hydrogen-bond donors (Lipinski definition) is 2. The Morgan fingerprint density at radius 3 is 2.60 bits per heavy atom. The molecule has 0 radical (unpaired) electrons. The molecule has 1 heterocycles. The third kappa shape index (κ3) is 3.11. The summed E-state index contributed by atoms with van der Waals surface area (Å²) in [5, 5.41) is 16.3. The van der Waals surface area contributed by atoms with Crippen molar-refractivity contribution in [3.05, 3.63) is 39.9 Å². The molecular weight excluding hydrogens is 262 g/mol. The summed E-state index contributed by atoms with van der Waals surface area (Å²) in [5.41, 5.74) is 1.27. The molecule has 0 aromatic heterocycles. The molecule has 106 valence electrons. The van der Waals surface area contributed by atoms with Gasteiger partial charge in [-0.2, -0.15) is 0 Å². The summed E-state index contributed by atoms with van der Waals surface area (Å²) < 4.78 is 0. The van der Waals surface area contributed by atoms with Gasteiger partial charge in [-0.25, -0.2) is 0 Å². The van der Waals surface area contributed by atoms with Crippen LogP contribution in [0.15, 0.2) is 24.3 Å². The lowest BCUT2D eigenvalue weighted by molar-refractivity contribution is -0.529. The van der Waals surface area contributed by atoms with E-state index in [0.717, 1.165) is 0 Å². The molecule has 1 aliphatic heterocycles. The minimum atomic E-state index is -0.820. The summed E-state index contributed by atoms with van der Waals surface area (Å²) in [6.45, 7) is 1.40. The Bertz CT molecular complexity index is 541. The molecule has 1 aromatic carbocycles. The molecule has 1 fully saturated rings. The van der Waals surface area contributed by atoms with Crippen molar-refractivity contribution in [2.75, 3.05) is 5.32 Å². The molecule has 7 heteroatoms. The van der Waals surface area contributed by atoms with Crippen LogP contribution in [0.4, 0.5) is 5.69 Å². The zero-order valence-electron chi connectivity index (χ0n) is 11.0. The van der Waals surface area contributed by atoms with Crippen LogP contribution in [0.5, 0.6) is 0 Å². The maximum Gasteiger partial charge on any atom is 0.237 e. The van der Waals surface area contributed by atoms with Gasteiger partial charge in [0.2, 0.25) is 17.9 Å². The van der Waals surface area contributed by atoms with Crippen molar-refractivity contribution in [2.24, 2.45) is 0 Å². The SMILES string of the molecule is CC(=O)Nc1ccc(C2NC(=O)CCC2[N+](=O)[O-])cc1. The van der Waals surface area contributed by atoms with Crippen LogP contribution >= 0.6 is 0 Å². The first-order valence-corrected chi connectivity index (χ1v) is 6.28. The topological polar surface area (TPSA) is 101 Å². The first-order chi connectivity index (χ1) is 9.47. The Hall–Kier alpha value is -2.44. The summed E-state index contributed by atoms with van der Waals surface area (Å²) in [4.78, 5) is 33.1. The van der Waals surface area contributed by atoms with Gasteiger partial charge in [0.25, 0.3) is 0 Å². The maximum atomic E-state index is 11.4. The number of nitrogens with zero attached hydrogens (tertiary/aromatic N) is 1. The molecule has 2 amide bonds. The van der Waals surface area contributed by atoms with Gasteiger partial charge in [0.1, 0.15) is 6.04 Å². The van der Waals surface area contributed by atoms with Crippen LogP contribution in [0, 0.1) is 10.1 Å². The molecule has 2 rings (SSSR count). The van der Waals surface area contributed by atoms with Gasteiger partial charge in [0.05, 0.1) is 0 Å². The van der Waals surface area contributed by atoms with Crippen LogP contribution in [0.25, 0.3) is 0 Å². The third-order valence-corrected chi connectivity index (χ3v) is 3.23. The standard InChI is InChI=1S/C13H15N3O4/c1-8(17)14-10-4-2-9(3-5-10)13-11(16(19)20)6-7-12(18)15-13/h2-5,11,13H,6-7H2,1H3,(H,14,17)(H,15,18). The molecule has 2 N–H and O–H groups in total. The quantitative estimate of drug-likeness (QED) is 0.641. The Kier molecular flexibility index (Phi) is 3.97. The Morgan fingerprint density at radius 2 is 2.05 bits per heavy atom. The molecular formula is C13H15N3O4. The number of amides is 2. The van der Waals surface area contributed by atoms with Crippen molar-refractivity contribution in [2.45, 2.75) is 31.8 Å². The second-order valence-electron chi connectivity index (χ2n) is 4.74. The highest BCUT2D eigenvalue weighted by Gasteiger charge is 2.37. The first-order valence-electron chi connectivity index (χ1n) is 6.28. The fourth-order valence-electron chi connectivity index (χ4n) is 2.30. The molecule has 20 heavy (non-hydrogen) atoms. The molecule has 0 spiro atoms. The number of piperidine rings is 1. The van der Waals surface area contributed by atoms with Crippen molar-refractivity contribution >= 4 is 17.5 Å². The van der Waals surface area contributed by atoms with E-state index in [1.807, 2.05) is 0 Å². The largest absolute Gasteiger partial charge is 0.343 e. The van der Waals surface area contributed by atoms with Crippen molar-refractivity contribution in [3.8, 4) is 0 Å². The minimum absolute atomic E-state index is 0.173. The molecule has 7 nitrogen and oxygen atoms in total. The van der Waals surface area contributed by atoms with Crippen LogP contribution in [0.3, 0.4) is 0 Å². The number of hydrogen-bond acceptors (Lipinski definition) is 4. The van der Waals surface area contributed by atoms with Gasteiger partial charge in [0, 0.05) is 30.4 Å². The van der Waals surface area contributed by atoms with Crippen molar-refractivity contribution in [1.82, 2.24) is 5.32 Å². The van der Waals surface area contributed by atoms with Crippen molar-refractivity contribution in [1.29, 1.82) is 0 Å². The first kappa shape index (κ1) is 14.0. The van der Waals surface area contributed by atoms with E-state index >= 15 is 0 Å². The number of anilines is 1. The summed E-state index contributed by atoms with van der Waals surface area (Å²) in [5.74, 6) is -0.370. The lowest BCUT2D eigenvalue weighted by Crippen LogP contribution is -2.45. The summed E-state index contributed by atoms with van der Waals surface area (Å²) >= 11 is 0. The summed E-state index contributed by atoms with van der Waals surface area (Å²) in [7, 11) is 0. The van der Waals surface area contributed by atoms with Gasteiger partial charge < -0.3 is 10.6 Å². The van der Waals surface area contributed by atoms with Gasteiger partial charge in [-0.15, -0.1) is 0 Å². The Balaban J connectivity index is 2.21. The number of benzene rings is 1. The van der Waals surface area contributed by atoms with Crippen LogP contribution in [0.1, 0.15) is 31.4 Å². The monoisotopic (exact) mass is 277 g/mol. The molecule has 0 aliphatic carbocycles. The third-order valence-electron chi connectivity index (χ3n) is 3.23. The number of rotatable bonds is 3. The predicted molar refractivity (Wildman–Crippen MR) is 71.6 cm³/mol. The highest BCUT2D eigenvalue weighted by molar-refractivity contribution is 5.88. The zero-order chi connectivity index (χ0) is 14.7. The Morgan fingerprint density at radius 1 is 1.40 bits per heavy atom. The number of nitrogens with one attached hydrogen (secondary N) is 2. The van der Waals surface area contributed by atoms with Crippen LogP contribution in [0.2, 0.25) is 0 Å². The molecule has 1 aliphatic rings. The van der Waals surface area contributed by atoms with E-state index in [0.29, 0.717) is 11.3 Å². The van der Waals surface area contributed by atoms with Gasteiger partial charge in [-0.05, 0) is 17.7 Å². The molecule has 1 saturated heterocycles. The van der Waals surface area contributed by atoms with Crippen molar-refractivity contribution < 1.29 is 14.5 Å². The number of carbonyl (C=O) groups is 2. The van der Waals surface area contributed by atoms with Gasteiger partial charge in [-0.1, -0.05) is 12.1 Å². The van der Waals surface area contributed by atoms with Gasteiger partial charge >= 0.3 is 0 Å². The van der Waals surface area contributed by atoms with E-state index in [1.54, 1.807) is 24.3 Å². The highest BCUT2D eigenvalue weighted by Crippen LogP contribution is 2.27. The van der Waals surface area contributed by atoms with Crippen molar-refractivity contribution in [3.63, 3.8) is 0 Å². The second kappa shape index (κ2) is 5.68. The second-order valence-corrected chi connectivity index (χ2v) is 4.74. The number of nitro groups is 1. The average Bonchev–Trinajstić information content (AvgIpc) is 2.38. The lowest BCUT2D eigenvalue weighted by atomic mass is 9.92. The predicted octanol–water partition coefficient (Wildman–Crippen LogP) is 1.24. The molecule has 2 unspecified atom stereocenters. The normalized spacial score (nSPS) is 21.9. The summed E-state index contributed by atoms with van der Waals surface area (Å²) in [6.07, 6.45) is 0.406. The van der Waals surface area contributed by atoms with E-state index in [4.69, 9.17) is 0 Å². The molecule has 1 aromatic rings. The molecule has 2 atom stereocenters. The average molecular weight is 277 g/mol. The highest BCUT2D eigenvalue weighted by atomic mass is 16.6. The van der Waals surface area contributed by atoms with E-state index in [2.05, 4.69) is 10.6 Å². The maximum absolute atomic E-state index is 11.4. The van der Waals surface area contributed by atoms with E-state index in [-0.39, 0.29) is 29.6 Å². The zero-order valence-corrected chi connectivity index (χ0v) is 11.0. The van der Waals surface area contributed by atoms with Crippen LogP contribution in [-0.2, 0) is 9.59 Å². The van der Waals surface area contributed by atoms with Gasteiger partial charge in [0.15, 0.2) is 0 Å². The number of carbonyl (C=O) groups excluding carboxylic acids is 2. The van der Waals surface area contributed by atoms with E-state index < -0.39 is 12.1 Å². The summed E-state index contributed by atoms with van der Waals surface area (Å²) in [6, 6.07) is 5.23. The van der Waals surface area contributed by atoms with Gasteiger partial charge in [-0.3, -0.25) is 19.7 Å². The minimum Gasteiger partial charge on any atom is -0.343 e. The fourth-order valence-corrected chi connectivity index (χ4v) is 2.30. The molecule has 0 saturated carbocycles. The van der Waals surface area contributed by atoms with E-state index in [1.165, 1.54) is 6.92 Å². The van der Waals surface area contributed by atoms with Crippen LogP contribution in [-0.4, -0.2) is 22.8 Å².